The van der Waals surface area contributed by atoms with Crippen molar-refractivity contribution in [3.8, 4) is 0 Å². The van der Waals surface area contributed by atoms with Crippen LogP contribution in [0.2, 0.25) is 0 Å². The zero-order valence-electron chi connectivity index (χ0n) is 10.3. The fraction of sp³-hybridized carbons (Fsp3) is 0.500. The Hall–Kier alpha value is -0.410. The van der Waals surface area contributed by atoms with Gasteiger partial charge in [0, 0.05) is 11.2 Å². The van der Waals surface area contributed by atoms with Crippen molar-refractivity contribution in [2.45, 2.75) is 37.9 Å². The van der Waals surface area contributed by atoms with Crippen LogP contribution in [0.5, 0.6) is 0 Å². The minimum absolute atomic E-state index is 0.561. The second-order valence-corrected chi connectivity index (χ2v) is 7.26. The molecular formula is C14H18BrNS. The van der Waals surface area contributed by atoms with Gasteiger partial charge in [0.2, 0.25) is 0 Å². The van der Waals surface area contributed by atoms with E-state index in [1.165, 1.54) is 22.5 Å². The summed E-state index contributed by atoms with van der Waals surface area (Å²) in [6.07, 6.45) is 3.56. The summed E-state index contributed by atoms with van der Waals surface area (Å²) >= 11 is 5.59. The van der Waals surface area contributed by atoms with Crippen molar-refractivity contribution in [3.05, 3.63) is 29.3 Å². The maximum Gasteiger partial charge on any atom is 0.0949 e. The Morgan fingerprint density at radius 1 is 1.24 bits per heavy atom. The number of fused-ring (bicyclic) bond motifs is 1. The SMILES string of the molecule is CC(C)CCC(Br)Cc1nc2ccccc2s1. The van der Waals surface area contributed by atoms with Crippen LogP contribution in [-0.2, 0) is 6.42 Å². The molecule has 1 aromatic heterocycles. The lowest BCUT2D eigenvalue weighted by Crippen LogP contribution is -2.04. The molecule has 17 heavy (non-hydrogen) atoms. The van der Waals surface area contributed by atoms with Gasteiger partial charge in [-0.05, 0) is 30.9 Å². The first-order valence-corrected chi connectivity index (χ1v) is 7.87. The highest BCUT2D eigenvalue weighted by atomic mass is 79.9. The lowest BCUT2D eigenvalue weighted by Gasteiger charge is -2.09. The average Bonchev–Trinajstić information content (AvgIpc) is 2.68. The van der Waals surface area contributed by atoms with Gasteiger partial charge in [-0.3, -0.25) is 0 Å². The summed E-state index contributed by atoms with van der Waals surface area (Å²) in [6.45, 7) is 4.55. The van der Waals surface area contributed by atoms with Gasteiger partial charge in [0.05, 0.1) is 15.2 Å². The molecule has 1 nitrogen and oxygen atoms in total. The second kappa shape index (κ2) is 5.96. The van der Waals surface area contributed by atoms with Crippen LogP contribution in [0.3, 0.4) is 0 Å². The zero-order valence-corrected chi connectivity index (χ0v) is 12.7. The molecule has 0 aliphatic heterocycles. The van der Waals surface area contributed by atoms with Gasteiger partial charge in [0.25, 0.3) is 0 Å². The van der Waals surface area contributed by atoms with Crippen LogP contribution in [0, 0.1) is 5.92 Å². The molecule has 0 saturated carbocycles. The standard InChI is InChI=1S/C14H18BrNS/c1-10(2)7-8-11(15)9-14-16-12-5-3-4-6-13(12)17-14/h3-6,10-11H,7-9H2,1-2H3. The van der Waals surface area contributed by atoms with E-state index in [0.29, 0.717) is 4.83 Å². The summed E-state index contributed by atoms with van der Waals surface area (Å²) in [4.78, 5) is 5.23. The molecule has 3 heteroatoms. The molecule has 0 bridgehead atoms. The van der Waals surface area contributed by atoms with Gasteiger partial charge in [0.1, 0.15) is 0 Å². The van der Waals surface area contributed by atoms with Crippen LogP contribution in [0.25, 0.3) is 10.2 Å². The van der Waals surface area contributed by atoms with Crippen LogP contribution in [-0.4, -0.2) is 9.81 Å². The number of alkyl halides is 1. The van der Waals surface area contributed by atoms with Crippen LogP contribution >= 0.6 is 27.3 Å². The van der Waals surface area contributed by atoms with E-state index in [2.05, 4.69) is 59.0 Å². The van der Waals surface area contributed by atoms with E-state index in [1.807, 2.05) is 11.3 Å². The number of hydrogen-bond acceptors (Lipinski definition) is 2. The maximum atomic E-state index is 4.67. The van der Waals surface area contributed by atoms with E-state index in [-0.39, 0.29) is 0 Å². The molecule has 0 aliphatic carbocycles. The Labute approximate surface area is 115 Å². The normalized spacial score (nSPS) is 13.4. The minimum Gasteiger partial charge on any atom is -0.241 e. The van der Waals surface area contributed by atoms with Gasteiger partial charge in [-0.2, -0.15) is 0 Å². The van der Waals surface area contributed by atoms with E-state index in [9.17, 15) is 0 Å². The van der Waals surface area contributed by atoms with Gasteiger partial charge in [-0.1, -0.05) is 41.9 Å². The molecule has 0 fully saturated rings. The van der Waals surface area contributed by atoms with Crippen molar-refractivity contribution in [2.24, 2.45) is 5.92 Å². The monoisotopic (exact) mass is 311 g/mol. The lowest BCUT2D eigenvalue weighted by molar-refractivity contribution is 0.547. The van der Waals surface area contributed by atoms with Crippen molar-refractivity contribution in [1.82, 2.24) is 4.98 Å². The highest BCUT2D eigenvalue weighted by Crippen LogP contribution is 2.25. The summed E-state index contributed by atoms with van der Waals surface area (Å²) in [7, 11) is 0. The van der Waals surface area contributed by atoms with Gasteiger partial charge in [0.15, 0.2) is 0 Å². The Morgan fingerprint density at radius 2 is 2.00 bits per heavy atom. The van der Waals surface area contributed by atoms with Crippen molar-refractivity contribution in [2.75, 3.05) is 0 Å². The van der Waals surface area contributed by atoms with Gasteiger partial charge in [-0.15, -0.1) is 11.3 Å². The van der Waals surface area contributed by atoms with Gasteiger partial charge >= 0.3 is 0 Å². The summed E-state index contributed by atoms with van der Waals surface area (Å²) < 4.78 is 1.30. The van der Waals surface area contributed by atoms with E-state index < -0.39 is 0 Å². The number of halogens is 1. The van der Waals surface area contributed by atoms with Crippen molar-refractivity contribution in [3.63, 3.8) is 0 Å². The van der Waals surface area contributed by atoms with Crippen LogP contribution < -0.4 is 0 Å². The molecule has 1 atom stereocenters. The summed E-state index contributed by atoms with van der Waals surface area (Å²) in [5, 5.41) is 1.25. The predicted molar refractivity (Wildman–Crippen MR) is 80.1 cm³/mol. The molecule has 1 aromatic carbocycles. The highest BCUT2D eigenvalue weighted by Gasteiger charge is 2.10. The third-order valence-corrected chi connectivity index (χ3v) is 4.63. The molecular weight excluding hydrogens is 294 g/mol. The summed E-state index contributed by atoms with van der Waals surface area (Å²) in [6, 6.07) is 8.37. The Balaban J connectivity index is 1.98. The van der Waals surface area contributed by atoms with Crippen LogP contribution in [0.15, 0.2) is 24.3 Å². The first-order chi connectivity index (χ1) is 8.15. The molecule has 0 N–H and O–H groups in total. The van der Waals surface area contributed by atoms with Crippen molar-refractivity contribution < 1.29 is 0 Å². The minimum atomic E-state index is 0.561. The molecule has 92 valence electrons. The largest absolute Gasteiger partial charge is 0.241 e. The quantitative estimate of drug-likeness (QED) is 0.705. The third-order valence-electron chi connectivity index (χ3n) is 2.79. The number of hydrogen-bond donors (Lipinski definition) is 0. The fourth-order valence-electron chi connectivity index (χ4n) is 1.81. The topological polar surface area (TPSA) is 12.9 Å². The molecule has 0 saturated heterocycles. The maximum absolute atomic E-state index is 4.67. The highest BCUT2D eigenvalue weighted by molar-refractivity contribution is 9.09. The predicted octanol–water partition coefficient (Wildman–Crippen LogP) is 5.04. The van der Waals surface area contributed by atoms with Crippen LogP contribution in [0.1, 0.15) is 31.7 Å². The number of aromatic nitrogens is 1. The third kappa shape index (κ3) is 3.78. The Morgan fingerprint density at radius 3 is 2.71 bits per heavy atom. The number of rotatable bonds is 5. The van der Waals surface area contributed by atoms with Gasteiger partial charge in [-0.25, -0.2) is 4.98 Å². The molecule has 0 spiro atoms. The average molecular weight is 312 g/mol. The number of benzene rings is 1. The molecule has 0 amide bonds. The molecule has 0 aliphatic rings. The summed E-state index contributed by atoms with van der Waals surface area (Å²) in [5.74, 6) is 0.783. The second-order valence-electron chi connectivity index (χ2n) is 4.85. The number of thiazole rings is 1. The van der Waals surface area contributed by atoms with Crippen molar-refractivity contribution in [1.29, 1.82) is 0 Å². The Bertz CT molecular complexity index is 445. The van der Waals surface area contributed by atoms with Gasteiger partial charge < -0.3 is 0 Å². The first-order valence-electron chi connectivity index (χ1n) is 6.13. The van der Waals surface area contributed by atoms with Crippen molar-refractivity contribution >= 4 is 37.5 Å². The summed E-state index contributed by atoms with van der Waals surface area (Å²) in [5.41, 5.74) is 1.14. The molecule has 2 aromatic rings. The molecule has 0 radical (unpaired) electrons. The Kier molecular flexibility index (Phi) is 4.57. The van der Waals surface area contributed by atoms with E-state index in [1.54, 1.807) is 0 Å². The van der Waals surface area contributed by atoms with E-state index in [0.717, 1.165) is 17.9 Å². The first kappa shape index (κ1) is 13.0. The molecule has 1 unspecified atom stereocenters. The molecule has 1 heterocycles. The lowest BCUT2D eigenvalue weighted by atomic mass is 10.1. The fourth-order valence-corrected chi connectivity index (χ4v) is 3.65. The zero-order chi connectivity index (χ0) is 12.3. The van der Waals surface area contributed by atoms with E-state index in [4.69, 9.17) is 0 Å². The van der Waals surface area contributed by atoms with Crippen LogP contribution in [0.4, 0.5) is 0 Å². The smallest absolute Gasteiger partial charge is 0.0949 e. The molecule has 2 rings (SSSR count). The number of nitrogens with zero attached hydrogens (tertiary/aromatic N) is 1. The number of para-hydroxylation sites is 1. The van der Waals surface area contributed by atoms with E-state index >= 15 is 0 Å².